The molecule has 0 fully saturated rings. The molecule has 3 aromatic rings. The van der Waals surface area contributed by atoms with E-state index in [1.54, 1.807) is 34.9 Å². The van der Waals surface area contributed by atoms with Gasteiger partial charge in [-0.25, -0.2) is 8.42 Å². The van der Waals surface area contributed by atoms with Gasteiger partial charge in [-0.05, 0) is 25.5 Å². The van der Waals surface area contributed by atoms with Gasteiger partial charge in [0.2, 0.25) is 11.0 Å². The maximum atomic E-state index is 12.8. The SMILES string of the molecule is CCC(Sc1nnc(CS(=O)(=O)c2ccccc2)n1CC)C(=O)Nc1nnc(C(C)C)s1. The van der Waals surface area contributed by atoms with Crippen LogP contribution in [0.4, 0.5) is 5.13 Å². The second kappa shape index (κ2) is 10.5. The van der Waals surface area contributed by atoms with Crippen LogP contribution in [-0.4, -0.2) is 44.5 Å². The molecule has 32 heavy (non-hydrogen) atoms. The zero-order valence-electron chi connectivity index (χ0n) is 18.3. The summed E-state index contributed by atoms with van der Waals surface area (Å²) < 4.78 is 27.2. The van der Waals surface area contributed by atoms with Crippen LogP contribution in [0.1, 0.15) is 50.9 Å². The summed E-state index contributed by atoms with van der Waals surface area (Å²) in [5, 5.41) is 20.6. The summed E-state index contributed by atoms with van der Waals surface area (Å²) in [5.74, 6) is 0.125. The van der Waals surface area contributed by atoms with Gasteiger partial charge in [0.25, 0.3) is 0 Å². The van der Waals surface area contributed by atoms with Gasteiger partial charge in [-0.15, -0.1) is 20.4 Å². The van der Waals surface area contributed by atoms with E-state index in [0.717, 1.165) is 5.01 Å². The van der Waals surface area contributed by atoms with Crippen molar-refractivity contribution in [2.24, 2.45) is 0 Å². The van der Waals surface area contributed by atoms with E-state index < -0.39 is 15.1 Å². The van der Waals surface area contributed by atoms with Crippen molar-refractivity contribution in [3.8, 4) is 0 Å². The van der Waals surface area contributed by atoms with E-state index in [2.05, 4.69) is 25.7 Å². The highest BCUT2D eigenvalue weighted by atomic mass is 32.2. The molecule has 1 N–H and O–H groups in total. The first-order valence-electron chi connectivity index (χ1n) is 10.3. The molecule has 0 bridgehead atoms. The average molecular weight is 495 g/mol. The molecule has 1 amide bonds. The number of hydrogen-bond donors (Lipinski definition) is 1. The highest BCUT2D eigenvalue weighted by Crippen LogP contribution is 2.28. The summed E-state index contributed by atoms with van der Waals surface area (Å²) in [6.07, 6.45) is 0.556. The van der Waals surface area contributed by atoms with Crippen LogP contribution >= 0.6 is 23.1 Å². The zero-order chi connectivity index (χ0) is 23.3. The minimum absolute atomic E-state index is 0.201. The lowest BCUT2D eigenvalue weighted by atomic mass is 10.2. The molecule has 0 radical (unpaired) electrons. The van der Waals surface area contributed by atoms with Crippen LogP contribution in [-0.2, 0) is 26.9 Å². The van der Waals surface area contributed by atoms with Crippen molar-refractivity contribution in [3.05, 3.63) is 41.2 Å². The third-order valence-corrected chi connectivity index (χ3v) is 8.72. The summed E-state index contributed by atoms with van der Waals surface area (Å²) in [6, 6.07) is 8.26. The number of amides is 1. The van der Waals surface area contributed by atoms with Crippen LogP contribution in [0.2, 0.25) is 0 Å². The molecular formula is C20H26N6O3S3. The summed E-state index contributed by atoms with van der Waals surface area (Å²) in [4.78, 5) is 13.0. The number of nitrogens with one attached hydrogen (secondary N) is 1. The molecule has 3 rings (SSSR count). The van der Waals surface area contributed by atoms with E-state index in [1.165, 1.54) is 23.1 Å². The molecule has 1 aromatic carbocycles. The molecule has 0 saturated carbocycles. The molecule has 0 aliphatic rings. The zero-order valence-corrected chi connectivity index (χ0v) is 20.8. The van der Waals surface area contributed by atoms with Crippen molar-refractivity contribution in [3.63, 3.8) is 0 Å². The Kier molecular flexibility index (Phi) is 8.01. The second-order valence-electron chi connectivity index (χ2n) is 7.32. The van der Waals surface area contributed by atoms with Gasteiger partial charge in [0, 0.05) is 12.5 Å². The molecule has 2 aromatic heterocycles. The second-order valence-corrected chi connectivity index (χ2v) is 11.5. The van der Waals surface area contributed by atoms with Gasteiger partial charge in [-0.2, -0.15) is 0 Å². The molecule has 0 spiro atoms. The molecular weight excluding hydrogens is 468 g/mol. The van der Waals surface area contributed by atoms with Crippen molar-refractivity contribution in [1.29, 1.82) is 0 Å². The Bertz CT molecular complexity index is 1160. The van der Waals surface area contributed by atoms with Crippen LogP contribution in [0.15, 0.2) is 40.4 Å². The summed E-state index contributed by atoms with van der Waals surface area (Å²) in [7, 11) is -3.55. The van der Waals surface area contributed by atoms with Crippen molar-refractivity contribution < 1.29 is 13.2 Å². The van der Waals surface area contributed by atoms with E-state index in [4.69, 9.17) is 0 Å². The topological polar surface area (TPSA) is 120 Å². The third-order valence-electron chi connectivity index (χ3n) is 4.61. The molecule has 9 nitrogen and oxygen atoms in total. The summed E-state index contributed by atoms with van der Waals surface area (Å²) >= 11 is 2.62. The Labute approximate surface area is 196 Å². The van der Waals surface area contributed by atoms with Crippen LogP contribution in [0.25, 0.3) is 0 Å². The van der Waals surface area contributed by atoms with E-state index in [9.17, 15) is 13.2 Å². The lowest BCUT2D eigenvalue weighted by Crippen LogP contribution is -2.25. The number of carbonyl (C=O) groups is 1. The fraction of sp³-hybridized carbons (Fsp3) is 0.450. The van der Waals surface area contributed by atoms with E-state index in [0.29, 0.717) is 29.1 Å². The summed E-state index contributed by atoms with van der Waals surface area (Å²) in [6.45, 7) is 8.32. The summed E-state index contributed by atoms with van der Waals surface area (Å²) in [5.41, 5.74) is 0. The minimum atomic E-state index is -3.55. The van der Waals surface area contributed by atoms with E-state index >= 15 is 0 Å². The number of sulfone groups is 1. The Morgan fingerprint density at radius 3 is 2.44 bits per heavy atom. The van der Waals surface area contributed by atoms with Crippen LogP contribution < -0.4 is 5.32 Å². The minimum Gasteiger partial charge on any atom is -0.305 e. The number of thioether (sulfide) groups is 1. The van der Waals surface area contributed by atoms with Crippen molar-refractivity contribution >= 4 is 44.0 Å². The van der Waals surface area contributed by atoms with Gasteiger partial charge < -0.3 is 4.57 Å². The normalized spacial score (nSPS) is 12.8. The molecule has 1 unspecified atom stereocenters. The van der Waals surface area contributed by atoms with Gasteiger partial charge in [-0.1, -0.05) is 62.1 Å². The molecule has 172 valence electrons. The van der Waals surface area contributed by atoms with Crippen LogP contribution in [0.5, 0.6) is 0 Å². The van der Waals surface area contributed by atoms with Gasteiger partial charge in [0.1, 0.15) is 16.6 Å². The molecule has 0 aliphatic carbocycles. The fourth-order valence-corrected chi connectivity index (χ4v) is 5.94. The first kappa shape index (κ1) is 24.3. The van der Waals surface area contributed by atoms with Crippen molar-refractivity contribution in [2.45, 2.75) is 67.6 Å². The van der Waals surface area contributed by atoms with Gasteiger partial charge >= 0.3 is 0 Å². The predicted molar refractivity (Wildman–Crippen MR) is 126 cm³/mol. The van der Waals surface area contributed by atoms with Crippen molar-refractivity contribution in [2.75, 3.05) is 5.32 Å². The Balaban J connectivity index is 1.74. The van der Waals surface area contributed by atoms with Crippen molar-refractivity contribution in [1.82, 2.24) is 25.0 Å². The first-order valence-corrected chi connectivity index (χ1v) is 13.6. The molecule has 0 saturated heterocycles. The van der Waals surface area contributed by atoms with Gasteiger partial charge in [-0.3, -0.25) is 10.1 Å². The third kappa shape index (κ3) is 5.73. The van der Waals surface area contributed by atoms with E-state index in [1.807, 2.05) is 27.7 Å². The molecule has 0 aliphatic heterocycles. The van der Waals surface area contributed by atoms with Crippen LogP contribution in [0.3, 0.4) is 0 Å². The predicted octanol–water partition coefficient (Wildman–Crippen LogP) is 3.76. The highest BCUT2D eigenvalue weighted by molar-refractivity contribution is 8.00. The number of benzene rings is 1. The standard InChI is InChI=1S/C20H26N6O3S3/c1-5-15(17(27)21-19-24-23-18(31-19)13(3)4)30-20-25-22-16(26(20)6-2)12-32(28,29)14-10-8-7-9-11-14/h7-11,13,15H,5-6,12H2,1-4H3,(H,21,24,27). The molecule has 1 atom stereocenters. The van der Waals surface area contributed by atoms with Crippen LogP contribution in [0, 0.1) is 0 Å². The number of rotatable bonds is 10. The molecule has 12 heteroatoms. The molecule has 2 heterocycles. The fourth-order valence-electron chi connectivity index (χ4n) is 2.87. The number of nitrogens with zero attached hydrogens (tertiary/aromatic N) is 5. The number of hydrogen-bond acceptors (Lipinski definition) is 9. The number of carbonyl (C=O) groups excluding carboxylic acids is 1. The van der Waals surface area contributed by atoms with E-state index in [-0.39, 0.29) is 22.5 Å². The highest BCUT2D eigenvalue weighted by Gasteiger charge is 2.25. The van der Waals surface area contributed by atoms with Gasteiger partial charge in [0.05, 0.1) is 10.1 Å². The maximum Gasteiger partial charge on any atom is 0.239 e. The Hall–Kier alpha value is -2.31. The number of aromatic nitrogens is 5. The lowest BCUT2D eigenvalue weighted by molar-refractivity contribution is -0.115. The lowest BCUT2D eigenvalue weighted by Gasteiger charge is -2.14. The maximum absolute atomic E-state index is 12.8. The monoisotopic (exact) mass is 494 g/mol. The Morgan fingerprint density at radius 2 is 1.84 bits per heavy atom. The van der Waals surface area contributed by atoms with Gasteiger partial charge in [0.15, 0.2) is 15.0 Å². The average Bonchev–Trinajstić information content (AvgIpc) is 3.39. The Morgan fingerprint density at radius 1 is 1.12 bits per heavy atom. The first-order chi connectivity index (χ1) is 15.2. The smallest absolute Gasteiger partial charge is 0.239 e. The quantitative estimate of drug-likeness (QED) is 0.423. The number of anilines is 1. The largest absolute Gasteiger partial charge is 0.305 e.